The van der Waals surface area contributed by atoms with Gasteiger partial charge in [0.1, 0.15) is 24.2 Å². The number of carboxylic acids is 1. The van der Waals surface area contributed by atoms with Gasteiger partial charge < -0.3 is 25.6 Å². The van der Waals surface area contributed by atoms with Crippen LogP contribution in [0.25, 0.3) is 21.9 Å². The number of nitrogen functional groups attached to an aromatic ring is 1. The molecule has 0 bridgehead atoms. The molecule has 2 aromatic heterocycles. The minimum Gasteiger partial charge on any atom is -0.481 e. The molecule has 11 heteroatoms. The number of hydrogen-bond acceptors (Lipinski definition) is 8. The van der Waals surface area contributed by atoms with Gasteiger partial charge in [0.15, 0.2) is 5.82 Å². The van der Waals surface area contributed by atoms with E-state index in [0.29, 0.717) is 53.9 Å². The van der Waals surface area contributed by atoms with Gasteiger partial charge in [0.05, 0.1) is 12.1 Å². The Bertz CT molecular complexity index is 1390. The Labute approximate surface area is 206 Å². The molecule has 1 aromatic carbocycles. The highest BCUT2D eigenvalue weighted by Crippen LogP contribution is 2.45. The van der Waals surface area contributed by atoms with Crippen molar-refractivity contribution in [1.82, 2.24) is 9.97 Å². The van der Waals surface area contributed by atoms with Crippen LogP contribution >= 0.6 is 0 Å². The standard InChI is InChI=1S/C25H26FN5O5/c1-12-16(10-30-23-22(12)28-3-4-35-23)15-5-13-6-18(29-11-17(13)21(27)20(15)26)31-24(34)36-14-7-25(2,8-14)9-19(32)33/h5-6,10-11,14,28H,3-4,7-9,27H2,1-2H3,(H,32,33)(H,29,31,34). The third-order valence-electron chi connectivity index (χ3n) is 6.76. The highest BCUT2D eigenvalue weighted by molar-refractivity contribution is 5.99. The number of carbonyl (C=O) groups is 2. The van der Waals surface area contributed by atoms with Gasteiger partial charge in [-0.25, -0.2) is 19.2 Å². The summed E-state index contributed by atoms with van der Waals surface area (Å²) in [7, 11) is 0. The van der Waals surface area contributed by atoms with Crippen molar-refractivity contribution in [1.29, 1.82) is 0 Å². The van der Waals surface area contributed by atoms with Gasteiger partial charge in [0.2, 0.25) is 5.88 Å². The lowest BCUT2D eigenvalue weighted by Gasteiger charge is -2.43. The smallest absolute Gasteiger partial charge is 0.413 e. The number of nitrogens with two attached hydrogens (primary N) is 1. The summed E-state index contributed by atoms with van der Waals surface area (Å²) in [6.07, 6.45) is 2.88. The van der Waals surface area contributed by atoms with Crippen molar-refractivity contribution in [3.05, 3.63) is 35.9 Å². The number of nitrogens with zero attached hydrogens (tertiary/aromatic N) is 2. The van der Waals surface area contributed by atoms with Crippen molar-refractivity contribution < 1.29 is 28.6 Å². The van der Waals surface area contributed by atoms with Crippen LogP contribution in [0.2, 0.25) is 0 Å². The lowest BCUT2D eigenvalue weighted by Crippen LogP contribution is -2.43. The summed E-state index contributed by atoms with van der Waals surface area (Å²) in [5, 5.41) is 15.8. The molecule has 1 saturated carbocycles. The molecule has 188 valence electrons. The van der Waals surface area contributed by atoms with Gasteiger partial charge >= 0.3 is 12.1 Å². The Morgan fingerprint density at radius 2 is 2.08 bits per heavy atom. The summed E-state index contributed by atoms with van der Waals surface area (Å²) in [4.78, 5) is 31.8. The SMILES string of the molecule is Cc1c(-c2cc3cc(NC(=O)OC4CC(C)(CC(=O)O)C4)ncc3c(N)c2F)cnc2c1NCCO2. The molecular weight excluding hydrogens is 469 g/mol. The summed E-state index contributed by atoms with van der Waals surface area (Å²) in [6.45, 7) is 4.84. The maximum absolute atomic E-state index is 15.3. The van der Waals surface area contributed by atoms with E-state index in [4.69, 9.17) is 20.3 Å². The Hall–Kier alpha value is -4.15. The minimum absolute atomic E-state index is 0.0311. The molecule has 0 radical (unpaired) electrons. The summed E-state index contributed by atoms with van der Waals surface area (Å²) in [6, 6.07) is 3.23. The van der Waals surface area contributed by atoms with Crippen molar-refractivity contribution in [2.75, 3.05) is 29.5 Å². The molecule has 1 aliphatic carbocycles. The molecule has 1 fully saturated rings. The van der Waals surface area contributed by atoms with E-state index in [1.165, 1.54) is 6.20 Å². The van der Waals surface area contributed by atoms with Gasteiger partial charge in [-0.3, -0.25) is 10.1 Å². The Morgan fingerprint density at radius 3 is 2.83 bits per heavy atom. The number of nitrogens with one attached hydrogen (secondary N) is 2. The number of aliphatic carboxylic acids is 1. The molecule has 0 atom stereocenters. The van der Waals surface area contributed by atoms with Crippen molar-refractivity contribution in [2.45, 2.75) is 39.2 Å². The van der Waals surface area contributed by atoms with Gasteiger partial charge in [-0.15, -0.1) is 0 Å². The molecule has 5 N–H and O–H groups in total. The third-order valence-corrected chi connectivity index (χ3v) is 6.76. The fourth-order valence-corrected chi connectivity index (χ4v) is 4.97. The number of aromatic nitrogens is 2. The molecule has 2 aliphatic rings. The summed E-state index contributed by atoms with van der Waals surface area (Å²) < 4.78 is 26.3. The quantitative estimate of drug-likeness (QED) is 0.380. The number of halogens is 1. The Kier molecular flexibility index (Phi) is 5.77. The molecule has 1 aliphatic heterocycles. The lowest BCUT2D eigenvalue weighted by molar-refractivity contribution is -0.143. The van der Waals surface area contributed by atoms with Crippen LogP contribution in [-0.2, 0) is 9.53 Å². The second-order valence-corrected chi connectivity index (χ2v) is 9.64. The fourth-order valence-electron chi connectivity index (χ4n) is 4.97. The van der Waals surface area contributed by atoms with Crippen molar-refractivity contribution in [3.8, 4) is 17.0 Å². The number of amides is 1. The number of fused-ring (bicyclic) bond motifs is 2. The van der Waals surface area contributed by atoms with Gasteiger partial charge in [-0.1, -0.05) is 6.92 Å². The van der Waals surface area contributed by atoms with E-state index in [9.17, 15) is 9.59 Å². The summed E-state index contributed by atoms with van der Waals surface area (Å²) in [5.74, 6) is -0.768. The maximum Gasteiger partial charge on any atom is 0.413 e. The maximum atomic E-state index is 15.3. The first-order chi connectivity index (χ1) is 17.1. The van der Waals surface area contributed by atoms with Crippen LogP contribution in [0.4, 0.5) is 26.4 Å². The Balaban J connectivity index is 1.38. The second-order valence-electron chi connectivity index (χ2n) is 9.64. The number of carboxylic acid groups (broad SMARTS) is 1. The van der Waals surface area contributed by atoms with Crippen molar-refractivity contribution in [3.63, 3.8) is 0 Å². The molecular formula is C25H26FN5O5. The zero-order valence-electron chi connectivity index (χ0n) is 19.9. The number of anilines is 3. The second kappa shape index (κ2) is 8.81. The van der Waals surface area contributed by atoms with E-state index in [1.807, 2.05) is 13.8 Å². The summed E-state index contributed by atoms with van der Waals surface area (Å²) in [5.41, 5.74) is 8.02. The topological polar surface area (TPSA) is 149 Å². The Morgan fingerprint density at radius 1 is 1.31 bits per heavy atom. The van der Waals surface area contributed by atoms with Crippen LogP contribution < -0.4 is 21.1 Å². The zero-order chi connectivity index (χ0) is 25.6. The number of rotatable bonds is 5. The van der Waals surface area contributed by atoms with Gasteiger partial charge in [-0.05, 0) is 48.3 Å². The molecule has 0 spiro atoms. The van der Waals surface area contributed by atoms with Gasteiger partial charge in [0.25, 0.3) is 0 Å². The van der Waals surface area contributed by atoms with Gasteiger partial charge in [-0.2, -0.15) is 0 Å². The zero-order valence-corrected chi connectivity index (χ0v) is 19.9. The monoisotopic (exact) mass is 495 g/mol. The van der Waals surface area contributed by atoms with Crippen LogP contribution in [0.5, 0.6) is 5.88 Å². The number of ether oxygens (including phenoxy) is 2. The van der Waals surface area contributed by atoms with Crippen LogP contribution in [-0.4, -0.2) is 46.4 Å². The molecule has 10 nitrogen and oxygen atoms in total. The fraction of sp³-hybridized carbons (Fsp3) is 0.360. The molecule has 1 amide bonds. The average molecular weight is 496 g/mol. The predicted octanol–water partition coefficient (Wildman–Crippen LogP) is 4.32. The lowest BCUT2D eigenvalue weighted by atomic mass is 9.66. The predicted molar refractivity (Wildman–Crippen MR) is 132 cm³/mol. The third kappa shape index (κ3) is 4.32. The highest BCUT2D eigenvalue weighted by atomic mass is 19.1. The van der Waals surface area contributed by atoms with Crippen molar-refractivity contribution in [2.24, 2.45) is 5.41 Å². The van der Waals surface area contributed by atoms with E-state index in [-0.39, 0.29) is 35.0 Å². The van der Waals surface area contributed by atoms with Gasteiger partial charge in [0, 0.05) is 35.5 Å². The summed E-state index contributed by atoms with van der Waals surface area (Å²) >= 11 is 0. The largest absolute Gasteiger partial charge is 0.481 e. The highest BCUT2D eigenvalue weighted by Gasteiger charge is 2.44. The molecule has 0 saturated heterocycles. The number of carbonyl (C=O) groups excluding carboxylic acids is 1. The van der Waals surface area contributed by atoms with Crippen LogP contribution in [0, 0.1) is 18.2 Å². The van der Waals surface area contributed by atoms with E-state index < -0.39 is 17.9 Å². The first-order valence-corrected chi connectivity index (χ1v) is 11.6. The van der Waals surface area contributed by atoms with E-state index in [0.717, 1.165) is 5.56 Å². The number of benzene rings is 1. The van der Waals surface area contributed by atoms with Crippen LogP contribution in [0.15, 0.2) is 24.5 Å². The average Bonchev–Trinajstić information content (AvgIpc) is 2.80. The normalized spacial score (nSPS) is 20.5. The minimum atomic E-state index is -0.873. The molecule has 3 aromatic rings. The van der Waals surface area contributed by atoms with Crippen molar-refractivity contribution >= 4 is 40.0 Å². The van der Waals surface area contributed by atoms with E-state index in [2.05, 4.69) is 20.6 Å². The molecule has 36 heavy (non-hydrogen) atoms. The van der Waals surface area contributed by atoms with E-state index in [1.54, 1.807) is 18.3 Å². The number of pyridine rings is 2. The molecule has 3 heterocycles. The first-order valence-electron chi connectivity index (χ1n) is 11.6. The number of hydrogen-bond donors (Lipinski definition) is 4. The molecule has 5 rings (SSSR count). The van der Waals surface area contributed by atoms with Crippen LogP contribution in [0.3, 0.4) is 0 Å². The van der Waals surface area contributed by atoms with Crippen LogP contribution in [0.1, 0.15) is 31.7 Å². The van der Waals surface area contributed by atoms with E-state index >= 15 is 4.39 Å². The first kappa shape index (κ1) is 23.6. The molecule has 0 unspecified atom stereocenters.